The number of ether oxygens (including phenoxy) is 1. The molecule has 2 aliphatic rings. The molecule has 1 atom stereocenters. The van der Waals surface area contributed by atoms with Crippen LogP contribution in [-0.4, -0.2) is 55.6 Å². The lowest BCUT2D eigenvalue weighted by atomic mass is 10.3. The summed E-state index contributed by atoms with van der Waals surface area (Å²) in [7, 11) is 0. The van der Waals surface area contributed by atoms with Crippen molar-refractivity contribution >= 4 is 17.0 Å². The number of para-hydroxylation sites is 2. The summed E-state index contributed by atoms with van der Waals surface area (Å²) in [5.74, 6) is 1.02. The van der Waals surface area contributed by atoms with E-state index in [4.69, 9.17) is 4.74 Å². The van der Waals surface area contributed by atoms with Crippen molar-refractivity contribution in [1.82, 2.24) is 9.55 Å². The van der Waals surface area contributed by atoms with E-state index in [1.54, 1.807) is 9.80 Å². The van der Waals surface area contributed by atoms with Gasteiger partial charge in [0, 0.05) is 6.42 Å². The van der Waals surface area contributed by atoms with E-state index in [-0.39, 0.29) is 0 Å². The van der Waals surface area contributed by atoms with Gasteiger partial charge in [-0.2, -0.15) is 0 Å². The predicted molar refractivity (Wildman–Crippen MR) is 85.1 cm³/mol. The normalized spacial score (nSPS) is 22.5. The molecule has 1 aromatic carbocycles. The van der Waals surface area contributed by atoms with E-state index in [0.29, 0.717) is 0 Å². The number of morpholine rings is 1. The topological polar surface area (TPSA) is 48.0 Å². The zero-order chi connectivity index (χ0) is 14.8. The smallest absolute Gasteiger partial charge is 0.212 e. The molecule has 2 aliphatic heterocycles. The van der Waals surface area contributed by atoms with Gasteiger partial charge in [0.1, 0.15) is 13.1 Å². The second-order valence-electron chi connectivity index (χ2n) is 6.33. The summed E-state index contributed by atoms with van der Waals surface area (Å²) >= 11 is 0. The van der Waals surface area contributed by atoms with Gasteiger partial charge in [-0.05, 0) is 12.1 Å². The van der Waals surface area contributed by atoms with Gasteiger partial charge in [-0.1, -0.05) is 12.1 Å². The Labute approximate surface area is 130 Å². The first-order valence-electron chi connectivity index (χ1n) is 8.34. The Morgan fingerprint density at radius 3 is 2.86 bits per heavy atom. The Morgan fingerprint density at radius 2 is 1.95 bits per heavy atom. The molecule has 0 bridgehead atoms. The lowest BCUT2D eigenvalue weighted by Crippen LogP contribution is -3.16. The van der Waals surface area contributed by atoms with Gasteiger partial charge in [0.25, 0.3) is 0 Å². The van der Waals surface area contributed by atoms with Crippen molar-refractivity contribution in [3.63, 3.8) is 0 Å². The first kappa shape index (κ1) is 14.0. The third-order valence-electron chi connectivity index (χ3n) is 4.79. The van der Waals surface area contributed by atoms with Crippen molar-refractivity contribution in [3.8, 4) is 0 Å². The third-order valence-corrected chi connectivity index (χ3v) is 4.79. The molecular formula is C16H25N5O+2. The molecule has 3 N–H and O–H groups in total. The molecule has 22 heavy (non-hydrogen) atoms. The van der Waals surface area contributed by atoms with Crippen molar-refractivity contribution in [1.29, 1.82) is 0 Å². The molecule has 118 valence electrons. The van der Waals surface area contributed by atoms with Gasteiger partial charge in [0.05, 0.1) is 37.3 Å². The fourth-order valence-electron chi connectivity index (χ4n) is 3.52. The van der Waals surface area contributed by atoms with E-state index >= 15 is 0 Å². The van der Waals surface area contributed by atoms with Gasteiger partial charge in [0.15, 0.2) is 13.3 Å². The molecule has 0 aliphatic carbocycles. The number of fused-ring (bicyclic) bond motifs is 3. The zero-order valence-corrected chi connectivity index (χ0v) is 13.0. The van der Waals surface area contributed by atoms with Crippen molar-refractivity contribution in [2.24, 2.45) is 0 Å². The summed E-state index contributed by atoms with van der Waals surface area (Å²) in [6, 6.07) is 8.39. The van der Waals surface area contributed by atoms with Gasteiger partial charge in [0.2, 0.25) is 5.95 Å². The molecule has 4 rings (SSSR count). The summed E-state index contributed by atoms with van der Waals surface area (Å²) in [5.41, 5.74) is 2.32. The Hall–Kier alpha value is -1.63. The molecule has 0 amide bonds. The van der Waals surface area contributed by atoms with Gasteiger partial charge in [-0.3, -0.25) is 4.57 Å². The number of hydrogen-bond donors (Lipinski definition) is 3. The number of anilines is 1. The monoisotopic (exact) mass is 303 g/mol. The van der Waals surface area contributed by atoms with Crippen LogP contribution in [0, 0.1) is 0 Å². The second-order valence-corrected chi connectivity index (χ2v) is 6.33. The first-order valence-corrected chi connectivity index (χ1v) is 8.34. The quantitative estimate of drug-likeness (QED) is 0.649. The molecule has 1 saturated heterocycles. The van der Waals surface area contributed by atoms with Crippen LogP contribution in [0.2, 0.25) is 0 Å². The van der Waals surface area contributed by atoms with E-state index in [2.05, 4.69) is 39.1 Å². The Bertz CT molecular complexity index is 634. The van der Waals surface area contributed by atoms with Crippen molar-refractivity contribution < 1.29 is 14.5 Å². The third kappa shape index (κ3) is 2.82. The number of quaternary nitrogens is 2. The molecule has 6 nitrogen and oxygen atoms in total. The van der Waals surface area contributed by atoms with Crippen LogP contribution in [0.15, 0.2) is 24.3 Å². The van der Waals surface area contributed by atoms with Gasteiger partial charge in [-0.15, -0.1) is 0 Å². The van der Waals surface area contributed by atoms with Crippen LogP contribution in [0.3, 0.4) is 0 Å². The summed E-state index contributed by atoms with van der Waals surface area (Å²) in [6.45, 7) is 8.67. The molecule has 1 fully saturated rings. The fourth-order valence-corrected chi connectivity index (χ4v) is 3.52. The second kappa shape index (κ2) is 6.24. The number of nitrogens with one attached hydrogen (secondary N) is 3. The van der Waals surface area contributed by atoms with Crippen LogP contribution >= 0.6 is 0 Å². The molecule has 6 heteroatoms. The number of benzene rings is 1. The zero-order valence-electron chi connectivity index (χ0n) is 13.0. The van der Waals surface area contributed by atoms with E-state index in [9.17, 15) is 0 Å². The number of nitrogens with zero attached hydrogens (tertiary/aromatic N) is 2. The minimum atomic E-state index is 0.928. The summed E-state index contributed by atoms with van der Waals surface area (Å²) < 4.78 is 7.74. The van der Waals surface area contributed by atoms with Crippen molar-refractivity contribution in [2.75, 3.05) is 51.4 Å². The highest BCUT2D eigenvalue weighted by molar-refractivity contribution is 5.78. The number of hydrogen-bond acceptors (Lipinski definition) is 3. The Kier molecular flexibility index (Phi) is 3.97. The lowest BCUT2D eigenvalue weighted by Gasteiger charge is -2.28. The minimum Gasteiger partial charge on any atom is -0.370 e. The highest BCUT2D eigenvalue weighted by Crippen LogP contribution is 2.18. The molecule has 1 aromatic heterocycles. The standard InChI is InChI=1S/C16H23N5O/c1-2-5-15-14(4-1)18-16-17-12-20(13-21(15)16)7-3-6-19-8-10-22-11-9-19/h1-2,4-5H,3,6-13H2,(H,17,18)/p+2. The summed E-state index contributed by atoms with van der Waals surface area (Å²) in [5, 5.41) is 3.48. The van der Waals surface area contributed by atoms with Gasteiger partial charge < -0.3 is 19.9 Å². The molecule has 0 saturated carbocycles. The van der Waals surface area contributed by atoms with Crippen LogP contribution < -0.4 is 15.1 Å². The van der Waals surface area contributed by atoms with Gasteiger partial charge >= 0.3 is 0 Å². The van der Waals surface area contributed by atoms with Crippen molar-refractivity contribution in [2.45, 2.75) is 13.1 Å². The van der Waals surface area contributed by atoms with Gasteiger partial charge in [-0.25, -0.2) is 4.98 Å². The maximum absolute atomic E-state index is 5.42. The largest absolute Gasteiger partial charge is 0.370 e. The average molecular weight is 303 g/mol. The molecular weight excluding hydrogens is 278 g/mol. The van der Waals surface area contributed by atoms with Crippen molar-refractivity contribution in [3.05, 3.63) is 24.3 Å². The molecule has 2 aromatic rings. The molecule has 1 unspecified atom stereocenters. The maximum Gasteiger partial charge on any atom is 0.212 e. The number of aromatic nitrogens is 2. The summed E-state index contributed by atoms with van der Waals surface area (Å²) in [4.78, 5) is 7.95. The molecule has 0 spiro atoms. The van der Waals surface area contributed by atoms with Crippen LogP contribution in [-0.2, 0) is 11.4 Å². The van der Waals surface area contributed by atoms with Crippen LogP contribution in [0.5, 0.6) is 0 Å². The average Bonchev–Trinajstić information content (AvgIpc) is 2.94. The SMILES string of the molecule is c1ccc2c(c1)nc1n2C[NH+](CCC[NH+]2CCOCC2)CN1. The van der Waals surface area contributed by atoms with Crippen LogP contribution in [0.25, 0.3) is 11.0 Å². The van der Waals surface area contributed by atoms with E-state index in [0.717, 1.165) is 38.0 Å². The molecule has 0 radical (unpaired) electrons. The molecule has 3 heterocycles. The highest BCUT2D eigenvalue weighted by atomic mass is 16.5. The van der Waals surface area contributed by atoms with E-state index in [1.807, 2.05) is 0 Å². The Balaban J connectivity index is 1.35. The lowest BCUT2D eigenvalue weighted by molar-refractivity contribution is -0.935. The highest BCUT2D eigenvalue weighted by Gasteiger charge is 2.22. The Morgan fingerprint density at radius 1 is 1.14 bits per heavy atom. The number of rotatable bonds is 4. The van der Waals surface area contributed by atoms with Crippen LogP contribution in [0.4, 0.5) is 5.95 Å². The summed E-state index contributed by atoms with van der Waals surface area (Å²) in [6.07, 6.45) is 1.27. The van der Waals surface area contributed by atoms with Crippen LogP contribution in [0.1, 0.15) is 6.42 Å². The maximum atomic E-state index is 5.42. The first-order chi connectivity index (χ1) is 10.9. The predicted octanol–water partition coefficient (Wildman–Crippen LogP) is -1.43. The fraction of sp³-hybridized carbons (Fsp3) is 0.562. The minimum absolute atomic E-state index is 0.928. The van der Waals surface area contributed by atoms with E-state index in [1.165, 1.54) is 38.1 Å². The number of imidazole rings is 1. The van der Waals surface area contributed by atoms with E-state index < -0.39 is 0 Å².